The molecule has 2 rings (SSSR count). The molecule has 24 heavy (non-hydrogen) atoms. The second kappa shape index (κ2) is 6.95. The average molecular weight is 328 g/mol. The lowest BCUT2D eigenvalue weighted by molar-refractivity contribution is 0.103. The number of phenolic OH excluding ortho intramolecular Hbond substituents is 1. The van der Waals surface area contributed by atoms with E-state index in [4.69, 9.17) is 9.47 Å². The number of rotatable bonds is 5. The topological polar surface area (TPSA) is 55.8 Å². The lowest BCUT2D eigenvalue weighted by atomic mass is 10.0. The second-order valence-corrected chi connectivity index (χ2v) is 6.91. The third-order valence-electron chi connectivity index (χ3n) is 3.13. The fourth-order valence-electron chi connectivity index (χ4n) is 2.23. The normalized spacial score (nSPS) is 11.4. The predicted octanol–water partition coefficient (Wildman–Crippen LogP) is 4.59. The Hall–Kier alpha value is -2.49. The van der Waals surface area contributed by atoms with Crippen LogP contribution in [0.4, 0.5) is 0 Å². The number of carbonyl (C=O) groups excluding carboxylic acids is 1. The highest BCUT2D eigenvalue weighted by atomic mass is 16.5. The van der Waals surface area contributed by atoms with E-state index >= 15 is 0 Å². The van der Waals surface area contributed by atoms with E-state index in [9.17, 15) is 9.90 Å². The first-order valence-electron chi connectivity index (χ1n) is 7.99. The van der Waals surface area contributed by atoms with Gasteiger partial charge in [-0.3, -0.25) is 4.79 Å². The highest BCUT2D eigenvalue weighted by molar-refractivity contribution is 6.10. The Balaban J connectivity index is 2.19. The van der Waals surface area contributed by atoms with Crippen LogP contribution in [0.2, 0.25) is 0 Å². The van der Waals surface area contributed by atoms with Crippen molar-refractivity contribution in [1.29, 1.82) is 0 Å². The minimum Gasteiger partial charge on any atom is -0.507 e. The van der Waals surface area contributed by atoms with Gasteiger partial charge in [-0.05, 0) is 71.0 Å². The minimum absolute atomic E-state index is 0.00122. The van der Waals surface area contributed by atoms with Crippen LogP contribution in [0.15, 0.2) is 42.5 Å². The van der Waals surface area contributed by atoms with Crippen LogP contribution in [-0.2, 0) is 0 Å². The number of phenols is 1. The molecule has 2 aromatic rings. The maximum atomic E-state index is 12.6. The van der Waals surface area contributed by atoms with E-state index in [0.717, 1.165) is 0 Å². The highest BCUT2D eigenvalue weighted by Crippen LogP contribution is 2.27. The van der Waals surface area contributed by atoms with E-state index in [1.54, 1.807) is 36.4 Å². The van der Waals surface area contributed by atoms with E-state index in [0.29, 0.717) is 17.1 Å². The Morgan fingerprint density at radius 2 is 1.58 bits per heavy atom. The first kappa shape index (κ1) is 17.9. The molecule has 0 fully saturated rings. The van der Waals surface area contributed by atoms with E-state index < -0.39 is 0 Å². The zero-order valence-electron chi connectivity index (χ0n) is 14.8. The Bertz CT molecular complexity index is 709. The lowest BCUT2D eigenvalue weighted by Gasteiger charge is -2.21. The van der Waals surface area contributed by atoms with Crippen molar-refractivity contribution >= 4 is 5.78 Å². The number of hydrogen-bond donors (Lipinski definition) is 1. The molecule has 4 nitrogen and oxygen atoms in total. The van der Waals surface area contributed by atoms with Crippen LogP contribution in [0.1, 0.15) is 50.5 Å². The summed E-state index contributed by atoms with van der Waals surface area (Å²) in [4.78, 5) is 12.6. The van der Waals surface area contributed by atoms with Gasteiger partial charge in [0.1, 0.15) is 22.8 Å². The van der Waals surface area contributed by atoms with Crippen LogP contribution in [0.3, 0.4) is 0 Å². The maximum absolute atomic E-state index is 12.6. The Morgan fingerprint density at radius 1 is 1.00 bits per heavy atom. The molecule has 0 amide bonds. The first-order valence-corrected chi connectivity index (χ1v) is 7.99. The largest absolute Gasteiger partial charge is 0.507 e. The molecule has 2 aromatic carbocycles. The van der Waals surface area contributed by atoms with Crippen LogP contribution in [0, 0.1) is 0 Å². The number of hydrogen-bond acceptors (Lipinski definition) is 4. The summed E-state index contributed by atoms with van der Waals surface area (Å²) in [7, 11) is 0. The molecule has 0 saturated carbocycles. The third-order valence-corrected chi connectivity index (χ3v) is 3.13. The first-order chi connectivity index (χ1) is 11.2. The molecule has 0 bridgehead atoms. The summed E-state index contributed by atoms with van der Waals surface area (Å²) in [5.41, 5.74) is 0.440. The molecule has 0 unspecified atom stereocenters. The average Bonchev–Trinajstić information content (AvgIpc) is 2.45. The Kier molecular flexibility index (Phi) is 5.17. The van der Waals surface area contributed by atoms with Gasteiger partial charge >= 0.3 is 0 Å². The molecule has 0 aromatic heterocycles. The van der Waals surface area contributed by atoms with E-state index in [1.807, 2.05) is 34.6 Å². The van der Waals surface area contributed by atoms with Gasteiger partial charge in [-0.15, -0.1) is 0 Å². The van der Waals surface area contributed by atoms with Crippen molar-refractivity contribution < 1.29 is 19.4 Å². The molecular formula is C20H24O4. The van der Waals surface area contributed by atoms with Crippen LogP contribution in [-0.4, -0.2) is 22.6 Å². The number of ether oxygens (including phenoxy) is 2. The van der Waals surface area contributed by atoms with Crippen LogP contribution < -0.4 is 9.47 Å². The monoisotopic (exact) mass is 328 g/mol. The fraction of sp³-hybridized carbons (Fsp3) is 0.350. The Labute approximate surface area is 143 Å². The van der Waals surface area contributed by atoms with Gasteiger partial charge in [0.25, 0.3) is 0 Å². The number of carbonyl (C=O) groups is 1. The summed E-state index contributed by atoms with van der Waals surface area (Å²) in [5, 5.41) is 10.1. The van der Waals surface area contributed by atoms with Gasteiger partial charge in [0, 0.05) is 11.6 Å². The van der Waals surface area contributed by atoms with Gasteiger partial charge in [-0.25, -0.2) is 0 Å². The fourth-order valence-corrected chi connectivity index (χ4v) is 2.23. The quantitative estimate of drug-likeness (QED) is 0.816. The molecule has 4 heteroatoms. The van der Waals surface area contributed by atoms with E-state index in [-0.39, 0.29) is 28.8 Å². The van der Waals surface area contributed by atoms with Crippen molar-refractivity contribution in [1.82, 2.24) is 0 Å². The van der Waals surface area contributed by atoms with Crippen LogP contribution >= 0.6 is 0 Å². The summed E-state index contributed by atoms with van der Waals surface area (Å²) in [6, 6.07) is 11.6. The molecule has 0 atom stereocenters. The van der Waals surface area contributed by atoms with Crippen molar-refractivity contribution in [2.24, 2.45) is 0 Å². The van der Waals surface area contributed by atoms with Gasteiger partial charge in [-0.1, -0.05) is 0 Å². The molecule has 128 valence electrons. The van der Waals surface area contributed by atoms with Crippen molar-refractivity contribution in [2.75, 3.05) is 0 Å². The molecular weight excluding hydrogens is 304 g/mol. The third kappa shape index (κ3) is 4.75. The SMILES string of the molecule is CC(C)Oc1ccc(C(=O)c2ccc(OC(C)(C)C)cc2)c(O)c1. The van der Waals surface area contributed by atoms with Gasteiger partial charge in [0.2, 0.25) is 0 Å². The van der Waals surface area contributed by atoms with Crippen molar-refractivity contribution in [2.45, 2.75) is 46.3 Å². The number of ketones is 1. The molecule has 0 aliphatic rings. The summed E-state index contributed by atoms with van der Waals surface area (Å²) in [6.07, 6.45) is 0.00122. The molecule has 0 radical (unpaired) electrons. The zero-order chi connectivity index (χ0) is 17.9. The van der Waals surface area contributed by atoms with Crippen LogP contribution in [0.5, 0.6) is 17.2 Å². The molecule has 0 spiro atoms. The lowest BCUT2D eigenvalue weighted by Crippen LogP contribution is -2.22. The van der Waals surface area contributed by atoms with Crippen LogP contribution in [0.25, 0.3) is 0 Å². The highest BCUT2D eigenvalue weighted by Gasteiger charge is 2.16. The summed E-state index contributed by atoms with van der Waals surface area (Å²) in [5.74, 6) is 0.899. The van der Waals surface area contributed by atoms with Gasteiger partial charge in [-0.2, -0.15) is 0 Å². The molecule has 1 N–H and O–H groups in total. The molecule has 0 aliphatic carbocycles. The van der Waals surface area contributed by atoms with Crippen molar-refractivity contribution in [3.63, 3.8) is 0 Å². The van der Waals surface area contributed by atoms with Gasteiger partial charge < -0.3 is 14.6 Å². The summed E-state index contributed by atoms with van der Waals surface area (Å²) >= 11 is 0. The van der Waals surface area contributed by atoms with Crippen molar-refractivity contribution in [3.05, 3.63) is 53.6 Å². The number of aromatic hydroxyl groups is 1. The second-order valence-electron chi connectivity index (χ2n) is 6.91. The van der Waals surface area contributed by atoms with Crippen molar-refractivity contribution in [3.8, 4) is 17.2 Å². The Morgan fingerprint density at radius 3 is 2.08 bits per heavy atom. The van der Waals surface area contributed by atoms with E-state index in [2.05, 4.69) is 0 Å². The molecule has 0 saturated heterocycles. The standard InChI is InChI=1S/C20H24O4/c1-13(2)23-16-10-11-17(18(21)12-16)19(22)14-6-8-15(9-7-14)24-20(3,4)5/h6-13,21H,1-5H3. The number of benzene rings is 2. The maximum Gasteiger partial charge on any atom is 0.196 e. The smallest absolute Gasteiger partial charge is 0.196 e. The minimum atomic E-state index is -0.296. The van der Waals surface area contributed by atoms with Gasteiger partial charge in [0.15, 0.2) is 5.78 Å². The zero-order valence-corrected chi connectivity index (χ0v) is 14.8. The molecule has 0 aliphatic heterocycles. The summed E-state index contributed by atoms with van der Waals surface area (Å²) < 4.78 is 11.3. The van der Waals surface area contributed by atoms with E-state index in [1.165, 1.54) is 6.07 Å². The predicted molar refractivity (Wildman–Crippen MR) is 94.1 cm³/mol. The molecule has 0 heterocycles. The van der Waals surface area contributed by atoms with Gasteiger partial charge in [0.05, 0.1) is 11.7 Å². The summed E-state index contributed by atoms with van der Waals surface area (Å²) in [6.45, 7) is 9.69.